The van der Waals surface area contributed by atoms with Crippen molar-refractivity contribution in [3.63, 3.8) is 0 Å². The molecule has 8 nitrogen and oxygen atoms in total. The van der Waals surface area contributed by atoms with Crippen molar-refractivity contribution in [2.45, 2.75) is 96.9 Å². The number of benzene rings is 1. The molecule has 3 amide bonds. The van der Waals surface area contributed by atoms with E-state index in [9.17, 15) is 19.5 Å². The Morgan fingerprint density at radius 2 is 1.76 bits per heavy atom. The molecule has 0 spiro atoms. The number of carbonyl (C=O) groups is 3. The number of phenolic OH excluding ortho intramolecular Hbond substituents is 1. The molecule has 0 saturated heterocycles. The summed E-state index contributed by atoms with van der Waals surface area (Å²) in [7, 11) is 1.53. The predicted octanol–water partition coefficient (Wildman–Crippen LogP) is 4.28. The Bertz CT molecular complexity index is 845. The van der Waals surface area contributed by atoms with Crippen molar-refractivity contribution in [1.82, 2.24) is 15.5 Å². The molecule has 3 unspecified atom stereocenters. The van der Waals surface area contributed by atoms with Crippen LogP contribution in [0.15, 0.2) is 24.3 Å². The number of rotatable bonds is 8. The Labute approximate surface area is 203 Å². The zero-order valence-corrected chi connectivity index (χ0v) is 21.4. The van der Waals surface area contributed by atoms with E-state index in [-0.39, 0.29) is 23.6 Å². The molecule has 0 aromatic heterocycles. The number of amides is 3. The summed E-state index contributed by atoms with van der Waals surface area (Å²) in [4.78, 5) is 40.9. The average Bonchev–Trinajstić information content (AvgIpc) is 2.77. The van der Waals surface area contributed by atoms with E-state index in [1.807, 2.05) is 13.8 Å². The fourth-order valence-corrected chi connectivity index (χ4v) is 4.24. The highest BCUT2D eigenvalue weighted by atomic mass is 16.6. The quantitative estimate of drug-likeness (QED) is 0.520. The molecule has 1 fully saturated rings. The number of alkyl carbamates (subject to hydrolysis) is 1. The van der Waals surface area contributed by atoms with Crippen LogP contribution in [0.2, 0.25) is 0 Å². The molecule has 190 valence electrons. The normalized spacial score (nSPS) is 17.2. The van der Waals surface area contributed by atoms with Crippen LogP contribution in [0.3, 0.4) is 0 Å². The smallest absolute Gasteiger partial charge is 0.408 e. The summed E-state index contributed by atoms with van der Waals surface area (Å²) in [6.07, 6.45) is 4.99. The summed E-state index contributed by atoms with van der Waals surface area (Å²) in [5.74, 6) is -1.03. The van der Waals surface area contributed by atoms with E-state index < -0.39 is 29.7 Å². The van der Waals surface area contributed by atoms with Gasteiger partial charge in [-0.15, -0.1) is 0 Å². The van der Waals surface area contributed by atoms with Gasteiger partial charge in [-0.3, -0.25) is 9.59 Å². The lowest BCUT2D eigenvalue weighted by molar-refractivity contribution is -0.142. The SMILES string of the molecule is CCC(C)C(NC(=O)OC(C)(C)C)C(=O)N(C)C(C(=O)NC1CCCCC1)c1ccccc1O. The largest absolute Gasteiger partial charge is 0.508 e. The Morgan fingerprint density at radius 1 is 1.15 bits per heavy atom. The third kappa shape index (κ3) is 7.64. The molecule has 1 aliphatic rings. The summed E-state index contributed by atoms with van der Waals surface area (Å²) in [5.41, 5.74) is -0.371. The number of ether oxygens (including phenoxy) is 1. The van der Waals surface area contributed by atoms with E-state index in [0.717, 1.165) is 32.1 Å². The molecule has 2 rings (SSSR count). The third-order valence-electron chi connectivity index (χ3n) is 6.32. The maximum atomic E-state index is 13.7. The van der Waals surface area contributed by atoms with Gasteiger partial charge in [-0.25, -0.2) is 4.79 Å². The molecule has 34 heavy (non-hydrogen) atoms. The molecule has 0 radical (unpaired) electrons. The molecule has 3 atom stereocenters. The van der Waals surface area contributed by atoms with E-state index in [0.29, 0.717) is 12.0 Å². The van der Waals surface area contributed by atoms with Gasteiger partial charge >= 0.3 is 6.09 Å². The van der Waals surface area contributed by atoms with Crippen molar-refractivity contribution in [2.75, 3.05) is 7.05 Å². The van der Waals surface area contributed by atoms with Gasteiger partial charge in [-0.1, -0.05) is 57.7 Å². The lowest BCUT2D eigenvalue weighted by atomic mass is 9.94. The maximum Gasteiger partial charge on any atom is 0.408 e. The number of para-hydroxylation sites is 1. The second kappa shape index (κ2) is 12.1. The summed E-state index contributed by atoms with van der Waals surface area (Å²) in [6, 6.07) is 4.65. The summed E-state index contributed by atoms with van der Waals surface area (Å²) < 4.78 is 5.36. The molecule has 1 aromatic carbocycles. The molecule has 8 heteroatoms. The number of carbonyl (C=O) groups excluding carboxylic acids is 3. The third-order valence-corrected chi connectivity index (χ3v) is 6.32. The molecule has 0 heterocycles. The number of phenols is 1. The lowest BCUT2D eigenvalue weighted by Gasteiger charge is -2.34. The Kier molecular flexibility index (Phi) is 9.77. The van der Waals surface area contributed by atoms with Gasteiger partial charge in [-0.2, -0.15) is 0 Å². The average molecular weight is 476 g/mol. The van der Waals surface area contributed by atoms with Crippen LogP contribution in [-0.2, 0) is 14.3 Å². The van der Waals surface area contributed by atoms with Crippen molar-refractivity contribution in [2.24, 2.45) is 5.92 Å². The van der Waals surface area contributed by atoms with Gasteiger partial charge in [0.1, 0.15) is 23.4 Å². The fourth-order valence-electron chi connectivity index (χ4n) is 4.24. The first-order chi connectivity index (χ1) is 15.9. The summed E-state index contributed by atoms with van der Waals surface area (Å²) >= 11 is 0. The number of aromatic hydroxyl groups is 1. The first-order valence-electron chi connectivity index (χ1n) is 12.3. The molecule has 1 aliphatic carbocycles. The van der Waals surface area contributed by atoms with Crippen LogP contribution in [-0.4, -0.2) is 52.6 Å². The second-order valence-corrected chi connectivity index (χ2v) is 10.3. The first kappa shape index (κ1) is 27.5. The van der Waals surface area contributed by atoms with Crippen molar-refractivity contribution in [3.05, 3.63) is 29.8 Å². The van der Waals surface area contributed by atoms with Gasteiger partial charge in [0, 0.05) is 18.7 Å². The van der Waals surface area contributed by atoms with Crippen LogP contribution >= 0.6 is 0 Å². The minimum absolute atomic E-state index is 0.0448. The van der Waals surface area contributed by atoms with Gasteiger partial charge in [0.15, 0.2) is 0 Å². The highest BCUT2D eigenvalue weighted by Gasteiger charge is 2.37. The van der Waals surface area contributed by atoms with Gasteiger partial charge in [0.25, 0.3) is 0 Å². The van der Waals surface area contributed by atoms with Crippen LogP contribution in [0.4, 0.5) is 4.79 Å². The maximum absolute atomic E-state index is 13.7. The highest BCUT2D eigenvalue weighted by molar-refractivity contribution is 5.92. The number of hydrogen-bond donors (Lipinski definition) is 3. The van der Waals surface area contributed by atoms with Crippen LogP contribution in [0.5, 0.6) is 5.75 Å². The Morgan fingerprint density at radius 3 is 2.32 bits per heavy atom. The minimum Gasteiger partial charge on any atom is -0.508 e. The zero-order valence-electron chi connectivity index (χ0n) is 21.4. The number of likely N-dealkylation sites (N-methyl/N-ethyl adjacent to an activating group) is 1. The van der Waals surface area contributed by atoms with Crippen LogP contribution in [0.25, 0.3) is 0 Å². The van der Waals surface area contributed by atoms with Gasteiger partial charge < -0.3 is 25.4 Å². The highest BCUT2D eigenvalue weighted by Crippen LogP contribution is 2.30. The zero-order chi connectivity index (χ0) is 25.5. The molecule has 0 bridgehead atoms. The van der Waals surface area contributed by atoms with E-state index in [2.05, 4.69) is 10.6 Å². The van der Waals surface area contributed by atoms with Crippen LogP contribution in [0, 0.1) is 5.92 Å². The van der Waals surface area contributed by atoms with E-state index >= 15 is 0 Å². The number of hydrogen-bond acceptors (Lipinski definition) is 5. The Balaban J connectivity index is 2.33. The van der Waals surface area contributed by atoms with Crippen molar-refractivity contribution >= 4 is 17.9 Å². The summed E-state index contributed by atoms with van der Waals surface area (Å²) in [6.45, 7) is 9.05. The predicted molar refractivity (Wildman–Crippen MR) is 131 cm³/mol. The molecule has 0 aliphatic heterocycles. The van der Waals surface area contributed by atoms with Crippen LogP contribution < -0.4 is 10.6 Å². The Hall–Kier alpha value is -2.77. The van der Waals surface area contributed by atoms with Gasteiger partial charge in [0.2, 0.25) is 11.8 Å². The van der Waals surface area contributed by atoms with E-state index in [1.165, 1.54) is 18.0 Å². The second-order valence-electron chi connectivity index (χ2n) is 10.3. The van der Waals surface area contributed by atoms with Crippen molar-refractivity contribution < 1.29 is 24.2 Å². The topological polar surface area (TPSA) is 108 Å². The van der Waals surface area contributed by atoms with Crippen molar-refractivity contribution in [3.8, 4) is 5.75 Å². The summed E-state index contributed by atoms with van der Waals surface area (Å²) in [5, 5.41) is 16.3. The van der Waals surface area contributed by atoms with Crippen molar-refractivity contribution in [1.29, 1.82) is 0 Å². The fraction of sp³-hybridized carbons (Fsp3) is 0.654. The first-order valence-corrected chi connectivity index (χ1v) is 12.3. The number of nitrogens with one attached hydrogen (secondary N) is 2. The van der Waals surface area contributed by atoms with E-state index in [4.69, 9.17) is 4.74 Å². The minimum atomic E-state index is -1.04. The molecule has 1 saturated carbocycles. The lowest BCUT2D eigenvalue weighted by Crippen LogP contribution is -2.54. The molecular weight excluding hydrogens is 434 g/mol. The standard InChI is InChI=1S/C26H41N3O5/c1-7-17(2)21(28-25(33)34-26(3,4)5)24(32)29(6)22(19-15-11-12-16-20(19)30)23(31)27-18-13-9-8-10-14-18/h11-12,15-18,21-22,30H,7-10,13-14H2,1-6H3,(H,27,31)(H,28,33). The van der Waals surface area contributed by atoms with Gasteiger partial charge in [0.05, 0.1) is 0 Å². The number of nitrogens with zero attached hydrogens (tertiary/aromatic N) is 1. The molecule has 1 aromatic rings. The van der Waals surface area contributed by atoms with Gasteiger partial charge in [-0.05, 0) is 45.6 Å². The van der Waals surface area contributed by atoms with Crippen LogP contribution in [0.1, 0.15) is 84.7 Å². The molecular formula is C26H41N3O5. The monoisotopic (exact) mass is 475 g/mol. The molecule has 3 N–H and O–H groups in total. The van der Waals surface area contributed by atoms with E-state index in [1.54, 1.807) is 39.0 Å².